The Hall–Kier alpha value is -0.930. The Balaban J connectivity index is 2.67. The highest BCUT2D eigenvalue weighted by Gasteiger charge is 2.43. The molecule has 1 aromatic rings. The fraction of sp³-hybridized carbons (Fsp3) is 0.688. The van der Waals surface area contributed by atoms with Crippen LogP contribution >= 0.6 is 11.3 Å². The van der Waals surface area contributed by atoms with Crippen molar-refractivity contribution < 1.29 is 21.6 Å². The Morgan fingerprint density at radius 3 is 2.36 bits per heavy atom. The molecule has 0 saturated heterocycles. The Kier molecular flexibility index (Phi) is 5.18. The van der Waals surface area contributed by atoms with Crippen molar-refractivity contribution >= 4 is 36.9 Å². The smallest absolute Gasteiger partial charge is 0.228 e. The number of rotatable bonds is 3. The molecule has 1 aliphatic rings. The van der Waals surface area contributed by atoms with E-state index in [-0.39, 0.29) is 20.7 Å². The summed E-state index contributed by atoms with van der Waals surface area (Å²) in [7, 11) is -7.10. The van der Waals surface area contributed by atoms with Gasteiger partial charge >= 0.3 is 0 Å². The van der Waals surface area contributed by atoms with Gasteiger partial charge in [0.1, 0.15) is 8.42 Å². The fourth-order valence-electron chi connectivity index (χ4n) is 2.99. The van der Waals surface area contributed by atoms with Crippen molar-refractivity contribution in [3.8, 4) is 0 Å². The summed E-state index contributed by atoms with van der Waals surface area (Å²) < 4.78 is 49.3. The van der Waals surface area contributed by atoms with Gasteiger partial charge in [-0.3, -0.25) is 4.79 Å². The average Bonchev–Trinajstić information content (AvgIpc) is 2.90. The maximum absolute atomic E-state index is 12.8. The van der Waals surface area contributed by atoms with Crippen LogP contribution in [0.2, 0.25) is 0 Å². The number of fused-ring (bicyclic) bond motifs is 1. The monoisotopic (exact) mass is 407 g/mol. The molecule has 1 aliphatic heterocycles. The lowest BCUT2D eigenvalue weighted by atomic mass is 9.92. The molecule has 1 aromatic heterocycles. The van der Waals surface area contributed by atoms with Gasteiger partial charge in [0.05, 0.1) is 11.3 Å². The predicted octanol–water partition coefficient (Wildman–Crippen LogP) is 2.65. The number of hydrogen-bond donors (Lipinski definition) is 0. The summed E-state index contributed by atoms with van der Waals surface area (Å²) in [6.07, 6.45) is 1.33. The molecule has 2 rings (SSSR count). The van der Waals surface area contributed by atoms with Crippen LogP contribution in [-0.2, 0) is 24.5 Å². The molecular weight excluding hydrogens is 382 g/mol. The Bertz CT molecular complexity index is 891. The third-order valence-corrected chi connectivity index (χ3v) is 10.1. The number of hydrogen-bond acceptors (Lipinski definition) is 6. The van der Waals surface area contributed by atoms with Crippen LogP contribution in [0.15, 0.2) is 14.5 Å². The molecule has 1 amide bonds. The van der Waals surface area contributed by atoms with E-state index in [4.69, 9.17) is 0 Å². The van der Waals surface area contributed by atoms with Crippen molar-refractivity contribution in [1.82, 2.24) is 4.90 Å². The number of nitrogens with zero attached hydrogens (tertiary/aromatic N) is 1. The Morgan fingerprint density at radius 2 is 1.92 bits per heavy atom. The minimum atomic E-state index is -3.58. The third-order valence-electron chi connectivity index (χ3n) is 4.39. The van der Waals surface area contributed by atoms with E-state index in [1.165, 1.54) is 6.07 Å². The van der Waals surface area contributed by atoms with Gasteiger partial charge in [-0.25, -0.2) is 16.8 Å². The summed E-state index contributed by atoms with van der Waals surface area (Å²) in [6, 6.07) is 0.999. The number of carbonyl (C=O) groups is 1. The average molecular weight is 408 g/mol. The molecule has 25 heavy (non-hydrogen) atoms. The summed E-state index contributed by atoms with van der Waals surface area (Å²) in [6.45, 7) is 9.34. The van der Waals surface area contributed by atoms with Crippen LogP contribution in [-0.4, -0.2) is 45.7 Å². The first kappa shape index (κ1) is 20.4. The van der Waals surface area contributed by atoms with Gasteiger partial charge in [-0.1, -0.05) is 20.8 Å². The van der Waals surface area contributed by atoms with E-state index < -0.39 is 36.4 Å². The molecule has 142 valence electrons. The highest BCUT2D eigenvalue weighted by Crippen LogP contribution is 2.45. The molecule has 2 atom stereocenters. The zero-order valence-electron chi connectivity index (χ0n) is 15.4. The number of thiophene rings is 1. The van der Waals surface area contributed by atoms with E-state index in [0.717, 1.165) is 17.6 Å². The van der Waals surface area contributed by atoms with Gasteiger partial charge in [-0.2, -0.15) is 0 Å². The second-order valence-electron chi connectivity index (χ2n) is 7.53. The molecule has 0 fully saturated rings. The molecule has 0 saturated carbocycles. The van der Waals surface area contributed by atoms with Gasteiger partial charge in [0.2, 0.25) is 5.91 Å². The summed E-state index contributed by atoms with van der Waals surface area (Å²) in [5.74, 6) is -0.0791. The Labute approximate surface area is 154 Å². The highest BCUT2D eigenvalue weighted by atomic mass is 32.3. The maximum atomic E-state index is 12.8. The maximum Gasteiger partial charge on any atom is 0.228 e. The molecule has 0 aromatic carbocycles. The summed E-state index contributed by atoms with van der Waals surface area (Å²) in [4.78, 5) is 14.5. The molecule has 0 N–H and O–H groups in total. The van der Waals surface area contributed by atoms with Crippen LogP contribution in [0, 0.1) is 5.41 Å². The molecule has 2 heterocycles. The highest BCUT2D eigenvalue weighted by molar-refractivity contribution is 7.96. The van der Waals surface area contributed by atoms with Gasteiger partial charge in [0, 0.05) is 23.8 Å². The first-order chi connectivity index (χ1) is 11.2. The fourth-order valence-corrected chi connectivity index (χ4v) is 7.57. The van der Waals surface area contributed by atoms with Crippen LogP contribution in [0.3, 0.4) is 0 Å². The van der Waals surface area contributed by atoms with E-state index in [1.54, 1.807) is 11.8 Å². The largest absolute Gasteiger partial charge is 0.335 e. The van der Waals surface area contributed by atoms with E-state index in [2.05, 4.69) is 0 Å². The normalized spacial score (nSPS) is 23.1. The van der Waals surface area contributed by atoms with Gasteiger partial charge in [0.15, 0.2) is 19.7 Å². The summed E-state index contributed by atoms with van der Waals surface area (Å²) >= 11 is 0.790. The van der Waals surface area contributed by atoms with Crippen molar-refractivity contribution in [2.75, 3.05) is 12.8 Å². The molecule has 0 unspecified atom stereocenters. The quantitative estimate of drug-likeness (QED) is 0.768. The molecule has 0 bridgehead atoms. The van der Waals surface area contributed by atoms with Gasteiger partial charge in [-0.15, -0.1) is 11.3 Å². The van der Waals surface area contributed by atoms with Crippen LogP contribution < -0.4 is 0 Å². The lowest BCUT2D eigenvalue weighted by Gasteiger charge is -2.39. The van der Waals surface area contributed by atoms with E-state index in [0.29, 0.717) is 12.1 Å². The van der Waals surface area contributed by atoms with E-state index >= 15 is 0 Å². The van der Waals surface area contributed by atoms with Crippen LogP contribution in [0.5, 0.6) is 0 Å². The molecular formula is C16H25NO5S3. The zero-order valence-corrected chi connectivity index (χ0v) is 17.8. The predicted molar refractivity (Wildman–Crippen MR) is 98.3 cm³/mol. The number of amides is 1. The molecule has 9 heteroatoms. The summed E-state index contributed by atoms with van der Waals surface area (Å²) in [5, 5.41) is -0.669. The first-order valence-electron chi connectivity index (χ1n) is 8.10. The second kappa shape index (κ2) is 6.35. The van der Waals surface area contributed by atoms with Crippen LogP contribution in [0.1, 0.15) is 52.6 Å². The number of sulfone groups is 2. The first-order valence-corrected chi connectivity index (χ1v) is 12.4. The van der Waals surface area contributed by atoms with Crippen molar-refractivity contribution in [3.05, 3.63) is 11.6 Å². The van der Waals surface area contributed by atoms with Crippen molar-refractivity contribution in [2.45, 2.75) is 60.7 Å². The van der Waals surface area contributed by atoms with Gasteiger partial charge < -0.3 is 4.90 Å². The SMILES string of the molecule is CCN(C(=O)C(C)(C)C)[C@H]1C[C@H](C)S(=O)(=O)c2sc(S(C)(=O)=O)cc21. The second-order valence-corrected chi connectivity index (χ2v) is 13.4. The number of carbonyl (C=O) groups excluding carboxylic acids is 1. The molecule has 0 radical (unpaired) electrons. The lowest BCUT2D eigenvalue weighted by molar-refractivity contribution is -0.142. The Morgan fingerprint density at radius 1 is 1.36 bits per heavy atom. The molecule has 6 nitrogen and oxygen atoms in total. The van der Waals surface area contributed by atoms with Gasteiger partial charge in [0.25, 0.3) is 0 Å². The lowest BCUT2D eigenvalue weighted by Crippen LogP contribution is -2.44. The molecule has 0 spiro atoms. The standard InChI is InChI=1S/C16H25NO5S3/c1-7-17(15(18)16(3,4)5)12-8-10(2)25(21,22)14-11(12)9-13(23-14)24(6,19)20/h9-10,12H,7-8H2,1-6H3/t10-,12-/m0/s1. The topological polar surface area (TPSA) is 88.6 Å². The van der Waals surface area contributed by atoms with Crippen molar-refractivity contribution in [2.24, 2.45) is 5.41 Å². The van der Waals surface area contributed by atoms with Crippen molar-refractivity contribution in [1.29, 1.82) is 0 Å². The van der Waals surface area contributed by atoms with Crippen LogP contribution in [0.4, 0.5) is 0 Å². The third kappa shape index (κ3) is 3.64. The van der Waals surface area contributed by atoms with E-state index in [9.17, 15) is 21.6 Å². The van der Waals surface area contributed by atoms with E-state index in [1.807, 2.05) is 27.7 Å². The minimum Gasteiger partial charge on any atom is -0.335 e. The van der Waals surface area contributed by atoms with Gasteiger partial charge in [-0.05, 0) is 26.3 Å². The summed E-state index contributed by atoms with van der Waals surface area (Å²) in [5.41, 5.74) is -0.172. The van der Waals surface area contributed by atoms with Crippen molar-refractivity contribution in [3.63, 3.8) is 0 Å². The minimum absolute atomic E-state index is 0.0273. The van der Waals surface area contributed by atoms with Crippen LogP contribution in [0.25, 0.3) is 0 Å². The zero-order chi connectivity index (χ0) is 19.4. The molecule has 0 aliphatic carbocycles.